The molecule has 0 radical (unpaired) electrons. The molecule has 0 amide bonds. The molecule has 0 aliphatic rings. The Morgan fingerprint density at radius 2 is 0.977 bits per heavy atom. The zero-order valence-corrected chi connectivity index (χ0v) is 23.6. The maximum Gasteiger partial charge on any atom is 0.266 e. The molecule has 0 saturated carbocycles. The fraction of sp³-hybridized carbons (Fsp3) is 0.0256. The highest BCUT2D eigenvalue weighted by molar-refractivity contribution is 6.50. The first-order chi connectivity index (χ1) is 21.6. The van der Waals surface area contributed by atoms with Gasteiger partial charge < -0.3 is 0 Å². The minimum atomic E-state index is -0.282. The van der Waals surface area contributed by atoms with Crippen molar-refractivity contribution in [2.45, 2.75) is 6.92 Å². The van der Waals surface area contributed by atoms with Crippen molar-refractivity contribution in [3.63, 3.8) is 0 Å². The lowest BCUT2D eigenvalue weighted by molar-refractivity contribution is 0.979. The van der Waals surface area contributed by atoms with Crippen LogP contribution in [0, 0.1) is 6.92 Å². The number of nitrogens with zero attached hydrogens (tertiary/aromatic N) is 3. The topological polar surface area (TPSA) is 64.8 Å². The quantitative estimate of drug-likeness (QED) is 0.203. The van der Waals surface area contributed by atoms with Gasteiger partial charge in [-0.3, -0.25) is 19.6 Å². The number of hydrogen-bond donors (Lipinski definition) is 0. The number of aryl methyl sites for hydroxylation is 1. The third-order valence-corrected chi connectivity index (χ3v) is 9.59. The first kappa shape index (κ1) is 23.6. The van der Waals surface area contributed by atoms with E-state index < -0.39 is 0 Å². The van der Waals surface area contributed by atoms with Gasteiger partial charge in [-0.2, -0.15) is 0 Å². The highest BCUT2D eigenvalue weighted by atomic mass is 16.2. The van der Waals surface area contributed by atoms with Crippen LogP contribution in [-0.2, 0) is 0 Å². The third-order valence-electron chi connectivity index (χ3n) is 9.59. The molecule has 0 atom stereocenters. The lowest BCUT2D eigenvalue weighted by atomic mass is 9.89. The SMILES string of the molecule is Cc1ccccc1-n1c(=O)c2c3cc(-c4ccncc4)c4ccc5ccc6c(-c7ccncc7)cc(c2c1=O)c1c6c5c4c31. The van der Waals surface area contributed by atoms with Crippen molar-refractivity contribution in [1.29, 1.82) is 0 Å². The van der Waals surface area contributed by atoms with E-state index in [9.17, 15) is 9.59 Å². The molecule has 204 valence electrons. The number of fused-ring (bicyclic) bond motifs is 3. The first-order valence-electron chi connectivity index (χ1n) is 14.7. The summed E-state index contributed by atoms with van der Waals surface area (Å²) in [6.07, 6.45) is 7.18. The molecular formula is C39H21N3O2. The van der Waals surface area contributed by atoms with Gasteiger partial charge >= 0.3 is 0 Å². The highest BCUT2D eigenvalue weighted by Crippen LogP contribution is 2.53. The Bertz CT molecular complexity index is 2690. The Morgan fingerprint density at radius 1 is 0.500 bits per heavy atom. The molecule has 3 heterocycles. The van der Waals surface area contributed by atoms with Crippen molar-refractivity contribution in [3.8, 4) is 27.9 Å². The number of aromatic nitrogens is 3. The van der Waals surface area contributed by atoms with Crippen LogP contribution >= 0.6 is 0 Å². The molecule has 7 aromatic carbocycles. The van der Waals surface area contributed by atoms with Crippen LogP contribution in [0.4, 0.5) is 0 Å². The summed E-state index contributed by atoms with van der Waals surface area (Å²) < 4.78 is 1.37. The van der Waals surface area contributed by atoms with Crippen molar-refractivity contribution in [1.82, 2.24) is 14.5 Å². The van der Waals surface area contributed by atoms with Gasteiger partial charge in [-0.15, -0.1) is 0 Å². The minimum absolute atomic E-state index is 0.282. The number of benzene rings is 6. The average molecular weight is 564 g/mol. The maximum atomic E-state index is 14.6. The van der Waals surface area contributed by atoms with Crippen molar-refractivity contribution >= 4 is 64.6 Å². The summed E-state index contributed by atoms with van der Waals surface area (Å²) in [6, 6.07) is 28.6. The Labute approximate surface area is 249 Å². The smallest absolute Gasteiger partial charge is 0.266 e. The molecule has 0 bridgehead atoms. The van der Waals surface area contributed by atoms with Crippen molar-refractivity contribution in [3.05, 3.63) is 136 Å². The predicted octanol–water partition coefficient (Wildman–Crippen LogP) is 8.30. The van der Waals surface area contributed by atoms with Gasteiger partial charge in [0, 0.05) is 24.8 Å². The average Bonchev–Trinajstić information content (AvgIpc) is 3.56. The standard InChI is InChI=1S/C39H21N3O2/c1-20-4-2-3-5-30(20)42-38(43)36-28-18-26(21-10-14-40-15-11-21)24-8-6-23-7-9-25-27(22-12-16-41-17-13-22)19-29(37(36)39(42)44)35-33(25)31(23)32(24)34(28)35/h2-19H,1H3. The van der Waals surface area contributed by atoms with E-state index in [1.54, 1.807) is 24.8 Å². The lowest BCUT2D eigenvalue weighted by Gasteiger charge is -2.12. The Kier molecular flexibility index (Phi) is 4.35. The molecule has 0 unspecified atom stereocenters. The van der Waals surface area contributed by atoms with E-state index in [1.807, 2.05) is 55.5 Å². The van der Waals surface area contributed by atoms with Crippen LogP contribution in [0.3, 0.4) is 0 Å². The van der Waals surface area contributed by atoms with Crippen molar-refractivity contribution in [2.75, 3.05) is 0 Å². The molecule has 3 aromatic heterocycles. The monoisotopic (exact) mass is 563 g/mol. The number of para-hydroxylation sites is 1. The largest absolute Gasteiger partial charge is 0.268 e. The third kappa shape index (κ3) is 2.75. The fourth-order valence-corrected chi connectivity index (χ4v) is 7.76. The Hall–Kier alpha value is -5.94. The summed E-state index contributed by atoms with van der Waals surface area (Å²) in [4.78, 5) is 37.7. The van der Waals surface area contributed by atoms with Crippen LogP contribution < -0.4 is 11.1 Å². The summed E-state index contributed by atoms with van der Waals surface area (Å²) >= 11 is 0. The second-order valence-corrected chi connectivity index (χ2v) is 11.7. The zero-order chi connectivity index (χ0) is 29.3. The van der Waals surface area contributed by atoms with Crippen LogP contribution in [0.25, 0.3) is 92.6 Å². The molecule has 0 saturated heterocycles. The van der Waals surface area contributed by atoms with Crippen LogP contribution in [0.15, 0.2) is 119 Å². The molecule has 0 aliphatic carbocycles. The Balaban J connectivity index is 1.55. The van der Waals surface area contributed by atoms with Gasteiger partial charge in [0.15, 0.2) is 0 Å². The summed E-state index contributed by atoms with van der Waals surface area (Å²) in [5.41, 5.74) is 5.00. The molecule has 10 rings (SSSR count). The number of rotatable bonds is 3. The number of hydrogen-bond acceptors (Lipinski definition) is 4. The Morgan fingerprint density at radius 3 is 1.48 bits per heavy atom. The van der Waals surface area contributed by atoms with Gasteiger partial charge in [0.25, 0.3) is 11.1 Å². The van der Waals surface area contributed by atoms with E-state index in [1.165, 1.54) is 9.95 Å². The highest BCUT2D eigenvalue weighted by Gasteiger charge is 2.29. The van der Waals surface area contributed by atoms with Crippen LogP contribution in [0.2, 0.25) is 0 Å². The van der Waals surface area contributed by atoms with E-state index in [0.717, 1.165) is 76.3 Å². The summed E-state index contributed by atoms with van der Waals surface area (Å²) in [5.74, 6) is 0. The molecular weight excluding hydrogens is 542 g/mol. The van der Waals surface area contributed by atoms with Crippen LogP contribution in [0.1, 0.15) is 5.56 Å². The molecule has 0 aliphatic heterocycles. The van der Waals surface area contributed by atoms with Gasteiger partial charge in [-0.05, 0) is 131 Å². The second kappa shape index (κ2) is 8.12. The van der Waals surface area contributed by atoms with Crippen molar-refractivity contribution in [2.24, 2.45) is 0 Å². The molecule has 5 nitrogen and oxygen atoms in total. The van der Waals surface area contributed by atoms with E-state index >= 15 is 0 Å². The normalized spacial score (nSPS) is 12.4. The zero-order valence-electron chi connectivity index (χ0n) is 23.6. The number of pyridine rings is 2. The fourth-order valence-electron chi connectivity index (χ4n) is 7.76. The molecule has 0 fully saturated rings. The van der Waals surface area contributed by atoms with Gasteiger partial charge in [0.1, 0.15) is 0 Å². The van der Waals surface area contributed by atoms with E-state index in [0.29, 0.717) is 16.5 Å². The van der Waals surface area contributed by atoms with E-state index in [4.69, 9.17) is 0 Å². The predicted molar refractivity (Wildman–Crippen MR) is 179 cm³/mol. The second-order valence-electron chi connectivity index (χ2n) is 11.7. The summed E-state index contributed by atoms with van der Waals surface area (Å²) in [7, 11) is 0. The van der Waals surface area contributed by atoms with Gasteiger partial charge in [-0.1, -0.05) is 42.5 Å². The summed E-state index contributed by atoms with van der Waals surface area (Å²) in [6.45, 7) is 1.94. The summed E-state index contributed by atoms with van der Waals surface area (Å²) in [5, 5.41) is 11.5. The lowest BCUT2D eigenvalue weighted by Crippen LogP contribution is -2.24. The molecule has 10 aromatic rings. The first-order valence-corrected chi connectivity index (χ1v) is 14.7. The molecule has 0 spiro atoms. The van der Waals surface area contributed by atoms with Crippen LogP contribution in [0.5, 0.6) is 0 Å². The van der Waals surface area contributed by atoms with Crippen molar-refractivity contribution < 1.29 is 0 Å². The van der Waals surface area contributed by atoms with Gasteiger partial charge in [0.05, 0.1) is 16.5 Å². The van der Waals surface area contributed by atoms with E-state index in [2.05, 4.69) is 46.4 Å². The molecule has 44 heavy (non-hydrogen) atoms. The van der Waals surface area contributed by atoms with E-state index in [-0.39, 0.29) is 11.1 Å². The van der Waals surface area contributed by atoms with Gasteiger partial charge in [0.2, 0.25) is 0 Å². The van der Waals surface area contributed by atoms with Gasteiger partial charge in [-0.25, -0.2) is 4.57 Å². The molecule has 0 N–H and O–H groups in total. The maximum absolute atomic E-state index is 14.6. The minimum Gasteiger partial charge on any atom is -0.268 e. The van der Waals surface area contributed by atoms with Crippen LogP contribution in [-0.4, -0.2) is 14.5 Å². The molecule has 5 heteroatoms.